The number of ether oxygens (including phenoxy) is 2. The minimum Gasteiger partial charge on any atom is -0.426 e. The maximum Gasteiger partial charge on any atom is 0.305 e. The first-order valence-corrected chi connectivity index (χ1v) is 12.8. The second-order valence-electron chi connectivity index (χ2n) is 8.27. The number of carbonyl (C=O) groups is 1. The molecule has 0 amide bonds. The van der Waals surface area contributed by atoms with E-state index in [1.807, 2.05) is 6.07 Å². The molecular weight excluding hydrogens is 452 g/mol. The Kier molecular flexibility index (Phi) is 11.3. The van der Waals surface area contributed by atoms with Crippen LogP contribution in [0.2, 0.25) is 0 Å². The quantitative estimate of drug-likeness (QED) is 0.194. The van der Waals surface area contributed by atoms with Crippen molar-refractivity contribution in [3.05, 3.63) is 63.3 Å². The van der Waals surface area contributed by atoms with Gasteiger partial charge < -0.3 is 24.9 Å². The molecule has 34 heavy (non-hydrogen) atoms. The summed E-state index contributed by atoms with van der Waals surface area (Å²) in [6.45, 7) is 3.17. The van der Waals surface area contributed by atoms with Crippen LogP contribution in [0, 0.1) is 0 Å². The summed E-state index contributed by atoms with van der Waals surface area (Å²) < 4.78 is 11.3. The van der Waals surface area contributed by atoms with E-state index in [1.165, 1.54) is 5.56 Å². The van der Waals surface area contributed by atoms with Gasteiger partial charge in [0.25, 0.3) is 6.47 Å². The molecule has 0 radical (unpaired) electrons. The third-order valence-electron chi connectivity index (χ3n) is 5.68. The van der Waals surface area contributed by atoms with Crippen molar-refractivity contribution in [2.75, 3.05) is 26.3 Å². The normalized spacial score (nSPS) is 12.1. The fourth-order valence-electron chi connectivity index (χ4n) is 3.88. The number of carbonyl (C=O) groups excluding carboxylic acids is 1. The summed E-state index contributed by atoms with van der Waals surface area (Å²) in [7, 11) is 0. The lowest BCUT2D eigenvalue weighted by Crippen LogP contribution is -2.22. The standard InChI is InChI=1S/C26H34N2O5S/c29-19-33-23-14-13-21(25-24(23)28-26(31)34-25)22(30)18-27-15-7-1-2-8-16-32-17-9-6-12-20-10-4-3-5-11-20/h3-5,10-11,13-14,19,22,27,30H,1-2,6-9,12,15-18H2,(H,28,31)/t22-/m0/s1. The number of aromatic nitrogens is 1. The van der Waals surface area contributed by atoms with Crippen molar-refractivity contribution in [1.29, 1.82) is 0 Å². The minimum absolute atomic E-state index is 0.255. The maximum atomic E-state index is 11.8. The third kappa shape index (κ3) is 8.36. The van der Waals surface area contributed by atoms with E-state index in [0.717, 1.165) is 76.0 Å². The summed E-state index contributed by atoms with van der Waals surface area (Å²) in [5, 5.41) is 13.9. The highest BCUT2D eigenvalue weighted by molar-refractivity contribution is 7.16. The Morgan fingerprint density at radius 2 is 1.76 bits per heavy atom. The van der Waals surface area contributed by atoms with Crippen LogP contribution in [0.3, 0.4) is 0 Å². The van der Waals surface area contributed by atoms with E-state index in [1.54, 1.807) is 12.1 Å². The van der Waals surface area contributed by atoms with Crippen molar-refractivity contribution >= 4 is 28.0 Å². The van der Waals surface area contributed by atoms with Crippen LogP contribution >= 0.6 is 11.3 Å². The maximum absolute atomic E-state index is 11.8. The van der Waals surface area contributed by atoms with E-state index >= 15 is 0 Å². The molecule has 0 bridgehead atoms. The Morgan fingerprint density at radius 3 is 2.56 bits per heavy atom. The number of aryl methyl sites for hydroxylation is 1. The molecule has 1 heterocycles. The van der Waals surface area contributed by atoms with E-state index in [-0.39, 0.29) is 10.6 Å². The van der Waals surface area contributed by atoms with Gasteiger partial charge in [0.15, 0.2) is 5.75 Å². The van der Waals surface area contributed by atoms with Crippen LogP contribution in [0.25, 0.3) is 10.2 Å². The van der Waals surface area contributed by atoms with Gasteiger partial charge in [0.1, 0.15) is 5.52 Å². The number of rotatable bonds is 17. The number of aliphatic hydroxyl groups excluding tert-OH is 1. The van der Waals surface area contributed by atoms with Crippen molar-refractivity contribution in [3.63, 3.8) is 0 Å². The van der Waals surface area contributed by atoms with Crippen LogP contribution in [0.1, 0.15) is 55.8 Å². The molecule has 0 aliphatic carbocycles. The van der Waals surface area contributed by atoms with Crippen molar-refractivity contribution in [2.24, 2.45) is 0 Å². The number of fused-ring (bicyclic) bond motifs is 1. The summed E-state index contributed by atoms with van der Waals surface area (Å²) in [5.74, 6) is 0.281. The number of H-pyrrole nitrogens is 1. The van der Waals surface area contributed by atoms with Crippen molar-refractivity contribution in [1.82, 2.24) is 10.3 Å². The van der Waals surface area contributed by atoms with Gasteiger partial charge in [-0.25, -0.2) is 0 Å². The Hall–Kier alpha value is -2.52. The van der Waals surface area contributed by atoms with E-state index in [9.17, 15) is 14.7 Å². The van der Waals surface area contributed by atoms with Gasteiger partial charge in [-0.15, -0.1) is 0 Å². The summed E-state index contributed by atoms with van der Waals surface area (Å²) in [6, 6.07) is 13.8. The molecule has 0 spiro atoms. The lowest BCUT2D eigenvalue weighted by Gasteiger charge is -2.14. The average molecular weight is 487 g/mol. The van der Waals surface area contributed by atoms with Crippen LogP contribution < -0.4 is 14.9 Å². The zero-order valence-corrected chi connectivity index (χ0v) is 20.3. The number of aliphatic hydroxyl groups is 1. The number of thiazole rings is 1. The number of benzene rings is 2. The molecule has 1 atom stereocenters. The molecule has 0 unspecified atom stereocenters. The second-order valence-corrected chi connectivity index (χ2v) is 9.26. The Labute approximate surface area is 204 Å². The molecule has 0 saturated heterocycles. The second kappa shape index (κ2) is 14.7. The first kappa shape index (κ1) is 26.1. The van der Waals surface area contributed by atoms with Crippen LogP contribution in [0.5, 0.6) is 5.75 Å². The van der Waals surface area contributed by atoms with E-state index < -0.39 is 6.10 Å². The zero-order chi connectivity index (χ0) is 24.0. The fourth-order valence-corrected chi connectivity index (χ4v) is 4.79. The summed E-state index contributed by atoms with van der Waals surface area (Å²) in [5.41, 5.74) is 2.47. The van der Waals surface area contributed by atoms with E-state index in [4.69, 9.17) is 9.47 Å². The molecule has 1 aromatic heterocycles. The van der Waals surface area contributed by atoms with Crippen molar-refractivity contribution in [2.45, 2.75) is 51.0 Å². The van der Waals surface area contributed by atoms with Gasteiger partial charge in [-0.3, -0.25) is 9.59 Å². The molecule has 2 aromatic carbocycles. The highest BCUT2D eigenvalue weighted by Gasteiger charge is 2.16. The number of hydrogen-bond acceptors (Lipinski definition) is 7. The summed E-state index contributed by atoms with van der Waals surface area (Å²) >= 11 is 1.00. The molecule has 0 saturated carbocycles. The first-order chi connectivity index (χ1) is 16.7. The van der Waals surface area contributed by atoms with Gasteiger partial charge in [0, 0.05) is 25.3 Å². The first-order valence-electron chi connectivity index (χ1n) is 12.0. The molecule has 0 fully saturated rings. The molecule has 3 rings (SSSR count). The van der Waals surface area contributed by atoms with E-state index in [2.05, 4.69) is 34.6 Å². The Morgan fingerprint density at radius 1 is 1.00 bits per heavy atom. The molecule has 0 aliphatic heterocycles. The SMILES string of the molecule is O=COc1ccc([C@@H](O)CNCCCCCCOCCCCc2ccccc2)c2sc(=O)[nH]c12. The van der Waals surface area contributed by atoms with Gasteiger partial charge in [-0.05, 0) is 50.3 Å². The molecule has 0 aliphatic rings. The monoisotopic (exact) mass is 486 g/mol. The smallest absolute Gasteiger partial charge is 0.305 e. The highest BCUT2D eigenvalue weighted by atomic mass is 32.1. The number of hydrogen-bond donors (Lipinski definition) is 3. The van der Waals surface area contributed by atoms with Crippen LogP contribution in [0.4, 0.5) is 0 Å². The number of nitrogens with one attached hydrogen (secondary N) is 2. The summed E-state index contributed by atoms with van der Waals surface area (Å²) in [4.78, 5) is 24.8. The number of aromatic amines is 1. The predicted molar refractivity (Wildman–Crippen MR) is 136 cm³/mol. The molecular formula is C26H34N2O5S. The van der Waals surface area contributed by atoms with Gasteiger partial charge in [-0.1, -0.05) is 60.6 Å². The third-order valence-corrected chi connectivity index (χ3v) is 6.61. The van der Waals surface area contributed by atoms with Crippen LogP contribution in [-0.4, -0.2) is 42.9 Å². The Balaban J connectivity index is 1.22. The van der Waals surface area contributed by atoms with Crippen LogP contribution in [-0.2, 0) is 16.0 Å². The van der Waals surface area contributed by atoms with Gasteiger partial charge in [0.2, 0.25) is 0 Å². The largest absolute Gasteiger partial charge is 0.426 e. The average Bonchev–Trinajstić information content (AvgIpc) is 3.24. The molecule has 3 aromatic rings. The lowest BCUT2D eigenvalue weighted by molar-refractivity contribution is -0.120. The zero-order valence-electron chi connectivity index (χ0n) is 19.5. The Bertz CT molecular complexity index is 1050. The van der Waals surface area contributed by atoms with Gasteiger partial charge in [0.05, 0.1) is 10.8 Å². The molecule has 7 nitrogen and oxygen atoms in total. The minimum atomic E-state index is -0.755. The summed E-state index contributed by atoms with van der Waals surface area (Å²) in [6.07, 6.45) is 6.96. The molecule has 8 heteroatoms. The van der Waals surface area contributed by atoms with Crippen molar-refractivity contribution < 1.29 is 19.4 Å². The van der Waals surface area contributed by atoms with Gasteiger partial charge in [-0.2, -0.15) is 0 Å². The molecule has 3 N–H and O–H groups in total. The van der Waals surface area contributed by atoms with Crippen molar-refractivity contribution in [3.8, 4) is 5.75 Å². The molecule has 184 valence electrons. The van der Waals surface area contributed by atoms with Crippen LogP contribution in [0.15, 0.2) is 47.3 Å². The predicted octanol–water partition coefficient (Wildman–Crippen LogP) is 4.35. The number of unbranched alkanes of at least 4 members (excludes halogenated alkanes) is 4. The van der Waals surface area contributed by atoms with E-state index in [0.29, 0.717) is 28.8 Å². The topological polar surface area (TPSA) is 101 Å². The fraction of sp³-hybridized carbons (Fsp3) is 0.462. The van der Waals surface area contributed by atoms with Gasteiger partial charge >= 0.3 is 4.87 Å². The highest BCUT2D eigenvalue weighted by Crippen LogP contribution is 2.31. The lowest BCUT2D eigenvalue weighted by atomic mass is 10.1.